The molecule has 0 aromatic heterocycles. The van der Waals surface area contributed by atoms with Gasteiger partial charge in [0.2, 0.25) is 0 Å². The number of urea groups is 1. The van der Waals surface area contributed by atoms with E-state index in [1.54, 1.807) is 0 Å². The van der Waals surface area contributed by atoms with Crippen molar-refractivity contribution in [2.75, 3.05) is 13.1 Å². The molecule has 0 aromatic rings. The van der Waals surface area contributed by atoms with Gasteiger partial charge >= 0.3 is 6.03 Å². The van der Waals surface area contributed by atoms with Gasteiger partial charge in [0, 0.05) is 19.1 Å². The van der Waals surface area contributed by atoms with E-state index in [-0.39, 0.29) is 6.03 Å². The van der Waals surface area contributed by atoms with E-state index in [0.717, 1.165) is 38.3 Å². The Morgan fingerprint density at radius 1 is 1.28 bits per heavy atom. The molecule has 0 spiro atoms. The molecule has 18 heavy (non-hydrogen) atoms. The minimum absolute atomic E-state index is 0.143. The van der Waals surface area contributed by atoms with E-state index in [1.165, 1.54) is 25.7 Å². The van der Waals surface area contributed by atoms with Crippen LogP contribution in [0.1, 0.15) is 65.7 Å². The Hall–Kier alpha value is -0.730. The topological polar surface area (TPSA) is 32.3 Å². The summed E-state index contributed by atoms with van der Waals surface area (Å²) in [6.45, 7) is 8.47. The van der Waals surface area contributed by atoms with Crippen LogP contribution in [0.3, 0.4) is 0 Å². The van der Waals surface area contributed by atoms with E-state index in [4.69, 9.17) is 0 Å². The zero-order valence-corrected chi connectivity index (χ0v) is 12.4. The third-order valence-corrected chi connectivity index (χ3v) is 3.93. The molecule has 2 amide bonds. The van der Waals surface area contributed by atoms with E-state index in [1.807, 2.05) is 4.90 Å². The average molecular weight is 254 g/mol. The second-order valence-electron chi connectivity index (χ2n) is 5.87. The molecular weight excluding hydrogens is 224 g/mol. The van der Waals surface area contributed by atoms with Crippen LogP contribution >= 0.6 is 0 Å². The molecule has 1 unspecified atom stereocenters. The van der Waals surface area contributed by atoms with Gasteiger partial charge in [-0.1, -0.05) is 39.5 Å². The van der Waals surface area contributed by atoms with Crippen LogP contribution in [0.2, 0.25) is 0 Å². The quantitative estimate of drug-likeness (QED) is 0.719. The van der Waals surface area contributed by atoms with Gasteiger partial charge in [-0.25, -0.2) is 4.79 Å². The molecule has 1 aliphatic heterocycles. The maximum absolute atomic E-state index is 12.0. The fourth-order valence-electron chi connectivity index (χ4n) is 2.46. The number of piperidine rings is 1. The van der Waals surface area contributed by atoms with Crippen molar-refractivity contribution < 1.29 is 4.79 Å². The third-order valence-electron chi connectivity index (χ3n) is 3.93. The SMILES string of the molecule is CCCCCCC(C)NC(=O)N1CCC(C)CC1. The molecule has 0 bridgehead atoms. The Labute approximate surface area is 112 Å². The summed E-state index contributed by atoms with van der Waals surface area (Å²) in [7, 11) is 0. The molecule has 1 aliphatic rings. The first-order chi connectivity index (χ1) is 8.63. The van der Waals surface area contributed by atoms with Crippen molar-refractivity contribution in [2.45, 2.75) is 71.8 Å². The number of likely N-dealkylation sites (tertiary alicyclic amines) is 1. The lowest BCUT2D eigenvalue weighted by Gasteiger charge is -2.31. The summed E-state index contributed by atoms with van der Waals surface area (Å²) in [6.07, 6.45) is 8.51. The van der Waals surface area contributed by atoms with Gasteiger partial charge in [-0.2, -0.15) is 0 Å². The molecule has 1 heterocycles. The standard InChI is InChI=1S/C15H30N2O/c1-4-5-6-7-8-14(3)16-15(18)17-11-9-13(2)10-12-17/h13-14H,4-12H2,1-3H3,(H,16,18). The van der Waals surface area contributed by atoms with Gasteiger partial charge in [-0.3, -0.25) is 0 Å². The molecule has 0 radical (unpaired) electrons. The lowest BCUT2D eigenvalue weighted by molar-refractivity contribution is 0.170. The third kappa shape index (κ3) is 5.74. The predicted octanol–water partition coefficient (Wildman–Crippen LogP) is 3.79. The van der Waals surface area contributed by atoms with Crippen LogP contribution in [-0.4, -0.2) is 30.1 Å². The van der Waals surface area contributed by atoms with Gasteiger partial charge < -0.3 is 10.2 Å². The number of unbranched alkanes of at least 4 members (excludes halogenated alkanes) is 3. The zero-order valence-electron chi connectivity index (χ0n) is 12.4. The van der Waals surface area contributed by atoms with Crippen LogP contribution in [0.4, 0.5) is 4.79 Å². The molecule has 1 rings (SSSR count). The Balaban J connectivity index is 2.14. The number of hydrogen-bond donors (Lipinski definition) is 1. The van der Waals surface area contributed by atoms with Gasteiger partial charge in [-0.05, 0) is 32.1 Å². The number of carbonyl (C=O) groups excluding carboxylic acids is 1. The zero-order chi connectivity index (χ0) is 13.4. The Kier molecular flexibility index (Phi) is 7.14. The lowest BCUT2D eigenvalue weighted by Crippen LogP contribution is -2.46. The molecule has 0 saturated carbocycles. The van der Waals surface area contributed by atoms with Gasteiger partial charge in [0.05, 0.1) is 0 Å². The van der Waals surface area contributed by atoms with Crippen molar-refractivity contribution in [3.63, 3.8) is 0 Å². The van der Waals surface area contributed by atoms with Crippen LogP contribution in [0.25, 0.3) is 0 Å². The number of hydrogen-bond acceptors (Lipinski definition) is 1. The second-order valence-corrected chi connectivity index (χ2v) is 5.87. The van der Waals surface area contributed by atoms with Crippen molar-refractivity contribution in [1.82, 2.24) is 10.2 Å². The smallest absolute Gasteiger partial charge is 0.317 e. The van der Waals surface area contributed by atoms with Crippen LogP contribution in [0, 0.1) is 5.92 Å². The van der Waals surface area contributed by atoms with E-state index in [9.17, 15) is 4.79 Å². The summed E-state index contributed by atoms with van der Waals surface area (Å²) in [5, 5.41) is 3.13. The minimum Gasteiger partial charge on any atom is -0.336 e. The van der Waals surface area contributed by atoms with Crippen molar-refractivity contribution in [3.8, 4) is 0 Å². The molecule has 1 N–H and O–H groups in total. The summed E-state index contributed by atoms with van der Waals surface area (Å²) in [4.78, 5) is 14.0. The maximum atomic E-state index is 12.0. The van der Waals surface area contributed by atoms with Gasteiger partial charge in [0.1, 0.15) is 0 Å². The highest BCUT2D eigenvalue weighted by molar-refractivity contribution is 5.74. The predicted molar refractivity (Wildman–Crippen MR) is 76.7 cm³/mol. The molecule has 3 heteroatoms. The molecule has 0 aromatic carbocycles. The van der Waals surface area contributed by atoms with E-state index < -0.39 is 0 Å². The largest absolute Gasteiger partial charge is 0.336 e. The Morgan fingerprint density at radius 3 is 2.56 bits per heavy atom. The first-order valence-electron chi connectivity index (χ1n) is 7.69. The van der Waals surface area contributed by atoms with Crippen molar-refractivity contribution >= 4 is 6.03 Å². The molecule has 1 saturated heterocycles. The highest BCUT2D eigenvalue weighted by atomic mass is 16.2. The molecule has 106 valence electrons. The summed E-state index contributed by atoms with van der Waals surface area (Å²) in [5.41, 5.74) is 0. The van der Waals surface area contributed by atoms with Crippen molar-refractivity contribution in [1.29, 1.82) is 0 Å². The van der Waals surface area contributed by atoms with Crippen molar-refractivity contribution in [2.24, 2.45) is 5.92 Å². The van der Waals surface area contributed by atoms with Crippen LogP contribution in [-0.2, 0) is 0 Å². The number of nitrogens with one attached hydrogen (secondary N) is 1. The number of carbonyl (C=O) groups is 1. The van der Waals surface area contributed by atoms with Crippen molar-refractivity contribution in [3.05, 3.63) is 0 Å². The average Bonchev–Trinajstić information content (AvgIpc) is 2.35. The number of nitrogens with zero attached hydrogens (tertiary/aromatic N) is 1. The lowest BCUT2D eigenvalue weighted by atomic mass is 9.99. The highest BCUT2D eigenvalue weighted by Crippen LogP contribution is 2.16. The molecular formula is C15H30N2O. The summed E-state index contributed by atoms with van der Waals surface area (Å²) in [5.74, 6) is 0.778. The van der Waals surface area contributed by atoms with Crippen LogP contribution < -0.4 is 5.32 Å². The van der Waals surface area contributed by atoms with Gasteiger partial charge in [0.15, 0.2) is 0 Å². The highest BCUT2D eigenvalue weighted by Gasteiger charge is 2.20. The normalized spacial score (nSPS) is 18.7. The second kappa shape index (κ2) is 8.39. The summed E-state index contributed by atoms with van der Waals surface area (Å²) >= 11 is 0. The van der Waals surface area contributed by atoms with Crippen LogP contribution in [0.5, 0.6) is 0 Å². The van der Waals surface area contributed by atoms with Gasteiger partial charge in [-0.15, -0.1) is 0 Å². The fraction of sp³-hybridized carbons (Fsp3) is 0.933. The number of amides is 2. The first kappa shape index (κ1) is 15.3. The summed E-state index contributed by atoms with van der Waals surface area (Å²) < 4.78 is 0. The summed E-state index contributed by atoms with van der Waals surface area (Å²) in [6, 6.07) is 0.457. The molecule has 1 fully saturated rings. The monoisotopic (exact) mass is 254 g/mol. The molecule has 1 atom stereocenters. The minimum atomic E-state index is 0.143. The molecule has 0 aliphatic carbocycles. The van der Waals surface area contributed by atoms with E-state index >= 15 is 0 Å². The van der Waals surface area contributed by atoms with E-state index in [2.05, 4.69) is 26.1 Å². The number of rotatable bonds is 6. The Morgan fingerprint density at radius 2 is 1.94 bits per heavy atom. The van der Waals surface area contributed by atoms with Crippen LogP contribution in [0.15, 0.2) is 0 Å². The fourth-order valence-corrected chi connectivity index (χ4v) is 2.46. The Bertz CT molecular complexity index is 235. The molecule has 3 nitrogen and oxygen atoms in total. The maximum Gasteiger partial charge on any atom is 0.317 e. The first-order valence-corrected chi connectivity index (χ1v) is 7.69. The van der Waals surface area contributed by atoms with Gasteiger partial charge in [0.25, 0.3) is 0 Å². The van der Waals surface area contributed by atoms with E-state index in [0.29, 0.717) is 6.04 Å².